The van der Waals surface area contributed by atoms with Gasteiger partial charge in [0.2, 0.25) is 0 Å². The van der Waals surface area contributed by atoms with Crippen molar-refractivity contribution in [1.82, 2.24) is 9.80 Å². The minimum absolute atomic E-state index is 0.0768. The molecule has 0 N–H and O–H groups in total. The van der Waals surface area contributed by atoms with E-state index >= 15 is 0 Å². The summed E-state index contributed by atoms with van der Waals surface area (Å²) in [6.45, 7) is 2.36. The summed E-state index contributed by atoms with van der Waals surface area (Å²) in [6, 6.07) is 7.20. The summed E-state index contributed by atoms with van der Waals surface area (Å²) in [6.07, 6.45) is 1.05. The summed E-state index contributed by atoms with van der Waals surface area (Å²) in [5.74, 6) is 0.0768. The van der Waals surface area contributed by atoms with Crippen LogP contribution in [0.25, 0.3) is 0 Å². The van der Waals surface area contributed by atoms with Crippen LogP contribution in [0, 0.1) is 0 Å². The molecule has 0 aliphatic carbocycles. The second-order valence-electron chi connectivity index (χ2n) is 4.80. The lowest BCUT2D eigenvalue weighted by molar-refractivity contribution is 0.0945. The molecule has 0 aromatic heterocycles. The van der Waals surface area contributed by atoms with Gasteiger partial charge < -0.3 is 4.90 Å². The first-order valence-corrected chi connectivity index (χ1v) is 6.49. The van der Waals surface area contributed by atoms with E-state index in [1.165, 1.54) is 0 Å². The molecule has 0 saturated heterocycles. The molecule has 0 amide bonds. The molecule has 1 rings (SSSR count). The predicted octanol–water partition coefficient (Wildman–Crippen LogP) is 2.41. The van der Waals surface area contributed by atoms with Crippen LogP contribution in [-0.2, 0) is 0 Å². The molecule has 1 aromatic rings. The standard InChI is InChI=1S/C14H21ClN2O/c1-16(2)9-6-10-17(3)11-14(18)12-7-4-5-8-13(12)15/h4-5,7-8H,6,9-11H2,1-3H3. The highest BCUT2D eigenvalue weighted by atomic mass is 35.5. The third-order valence-electron chi connectivity index (χ3n) is 2.73. The van der Waals surface area contributed by atoms with Crippen LogP contribution in [-0.4, -0.2) is 56.4 Å². The summed E-state index contributed by atoms with van der Waals surface area (Å²) in [7, 11) is 6.06. The van der Waals surface area contributed by atoms with E-state index in [-0.39, 0.29) is 5.78 Å². The zero-order chi connectivity index (χ0) is 13.5. The van der Waals surface area contributed by atoms with Gasteiger partial charge >= 0.3 is 0 Å². The van der Waals surface area contributed by atoms with Crippen molar-refractivity contribution >= 4 is 17.4 Å². The van der Waals surface area contributed by atoms with Gasteiger partial charge in [-0.3, -0.25) is 9.69 Å². The highest BCUT2D eigenvalue weighted by Gasteiger charge is 2.11. The van der Waals surface area contributed by atoms with E-state index in [9.17, 15) is 4.79 Å². The molecule has 0 fully saturated rings. The Morgan fingerprint density at radius 3 is 2.44 bits per heavy atom. The minimum Gasteiger partial charge on any atom is -0.309 e. The molecule has 0 spiro atoms. The van der Waals surface area contributed by atoms with Crippen molar-refractivity contribution in [3.63, 3.8) is 0 Å². The molecule has 0 aliphatic rings. The molecule has 0 radical (unpaired) electrons. The molecule has 18 heavy (non-hydrogen) atoms. The SMILES string of the molecule is CN(C)CCCN(C)CC(=O)c1ccccc1Cl. The Hall–Kier alpha value is -0.900. The lowest BCUT2D eigenvalue weighted by Crippen LogP contribution is -2.29. The molecular weight excluding hydrogens is 248 g/mol. The van der Waals surface area contributed by atoms with Crippen molar-refractivity contribution in [2.24, 2.45) is 0 Å². The highest BCUT2D eigenvalue weighted by Crippen LogP contribution is 2.15. The average molecular weight is 269 g/mol. The van der Waals surface area contributed by atoms with Crippen molar-refractivity contribution in [2.45, 2.75) is 6.42 Å². The van der Waals surface area contributed by atoms with E-state index in [2.05, 4.69) is 19.0 Å². The van der Waals surface area contributed by atoms with Crippen LogP contribution in [0.3, 0.4) is 0 Å². The van der Waals surface area contributed by atoms with E-state index in [4.69, 9.17) is 11.6 Å². The fourth-order valence-corrected chi connectivity index (χ4v) is 1.99. The molecule has 0 saturated carbocycles. The highest BCUT2D eigenvalue weighted by molar-refractivity contribution is 6.34. The molecule has 0 aliphatic heterocycles. The van der Waals surface area contributed by atoms with Gasteiger partial charge in [-0.05, 0) is 52.8 Å². The number of halogens is 1. The number of hydrogen-bond donors (Lipinski definition) is 0. The van der Waals surface area contributed by atoms with Gasteiger partial charge in [0.05, 0.1) is 11.6 Å². The lowest BCUT2D eigenvalue weighted by atomic mass is 10.1. The number of ketones is 1. The van der Waals surface area contributed by atoms with Gasteiger partial charge in [0.1, 0.15) is 0 Å². The number of hydrogen-bond acceptors (Lipinski definition) is 3. The monoisotopic (exact) mass is 268 g/mol. The Morgan fingerprint density at radius 1 is 1.17 bits per heavy atom. The fourth-order valence-electron chi connectivity index (χ4n) is 1.75. The normalized spacial score (nSPS) is 11.2. The first kappa shape index (κ1) is 15.2. The van der Waals surface area contributed by atoms with Crippen molar-refractivity contribution < 1.29 is 4.79 Å². The van der Waals surface area contributed by atoms with Crippen molar-refractivity contribution in [3.05, 3.63) is 34.9 Å². The maximum Gasteiger partial charge on any atom is 0.178 e. The molecule has 3 nitrogen and oxygen atoms in total. The second-order valence-corrected chi connectivity index (χ2v) is 5.20. The fraction of sp³-hybridized carbons (Fsp3) is 0.500. The van der Waals surface area contributed by atoms with Crippen molar-refractivity contribution in [1.29, 1.82) is 0 Å². The minimum atomic E-state index is 0.0768. The van der Waals surface area contributed by atoms with Crippen LogP contribution in [0.4, 0.5) is 0 Å². The Kier molecular flexibility index (Phi) is 6.33. The number of Topliss-reactive ketones (excluding diaryl/α,β-unsaturated/α-hetero) is 1. The summed E-state index contributed by atoms with van der Waals surface area (Å²) < 4.78 is 0. The van der Waals surface area contributed by atoms with Gasteiger partial charge in [-0.2, -0.15) is 0 Å². The van der Waals surface area contributed by atoms with Crippen molar-refractivity contribution in [2.75, 3.05) is 40.8 Å². The predicted molar refractivity (Wildman–Crippen MR) is 76.5 cm³/mol. The maximum absolute atomic E-state index is 12.0. The number of carbonyl (C=O) groups is 1. The molecule has 1 aromatic carbocycles. The topological polar surface area (TPSA) is 23.6 Å². The smallest absolute Gasteiger partial charge is 0.178 e. The zero-order valence-electron chi connectivity index (χ0n) is 11.3. The zero-order valence-corrected chi connectivity index (χ0v) is 12.1. The Balaban J connectivity index is 2.43. The van der Waals surface area contributed by atoms with Gasteiger partial charge in [-0.15, -0.1) is 0 Å². The van der Waals surface area contributed by atoms with Crippen LogP contribution >= 0.6 is 11.6 Å². The van der Waals surface area contributed by atoms with Gasteiger partial charge in [0.15, 0.2) is 5.78 Å². The summed E-state index contributed by atoms with van der Waals surface area (Å²) in [4.78, 5) is 16.2. The van der Waals surface area contributed by atoms with Gasteiger partial charge in [-0.25, -0.2) is 0 Å². The van der Waals surface area contributed by atoms with Crippen molar-refractivity contribution in [3.8, 4) is 0 Å². The van der Waals surface area contributed by atoms with E-state index in [0.29, 0.717) is 17.1 Å². The Bertz CT molecular complexity index is 393. The summed E-state index contributed by atoms with van der Waals surface area (Å²) in [5, 5.41) is 0.532. The first-order chi connectivity index (χ1) is 8.50. The van der Waals surface area contributed by atoms with Crippen LogP contribution in [0.1, 0.15) is 16.8 Å². The van der Waals surface area contributed by atoms with Crippen LogP contribution in [0.2, 0.25) is 5.02 Å². The molecule has 0 atom stereocenters. The van der Waals surface area contributed by atoms with Gasteiger partial charge in [0.25, 0.3) is 0 Å². The van der Waals surface area contributed by atoms with E-state index < -0.39 is 0 Å². The molecular formula is C14H21ClN2O. The summed E-state index contributed by atoms with van der Waals surface area (Å²) >= 11 is 6.00. The van der Waals surface area contributed by atoms with Gasteiger partial charge in [-0.1, -0.05) is 23.7 Å². The number of rotatable bonds is 7. The van der Waals surface area contributed by atoms with E-state index in [1.807, 2.05) is 24.1 Å². The number of nitrogens with zero attached hydrogens (tertiary/aromatic N) is 2. The lowest BCUT2D eigenvalue weighted by Gasteiger charge is -2.17. The molecule has 0 heterocycles. The molecule has 0 unspecified atom stereocenters. The summed E-state index contributed by atoms with van der Waals surface area (Å²) in [5.41, 5.74) is 0.610. The average Bonchev–Trinajstić information content (AvgIpc) is 2.28. The first-order valence-electron chi connectivity index (χ1n) is 6.11. The molecule has 100 valence electrons. The van der Waals surface area contributed by atoms with E-state index in [0.717, 1.165) is 19.5 Å². The van der Waals surface area contributed by atoms with Crippen LogP contribution in [0.5, 0.6) is 0 Å². The second kappa shape index (κ2) is 7.52. The number of carbonyl (C=O) groups excluding carboxylic acids is 1. The molecule has 4 heteroatoms. The van der Waals surface area contributed by atoms with Crippen LogP contribution in [0.15, 0.2) is 24.3 Å². The third kappa shape index (κ3) is 5.17. The van der Waals surface area contributed by atoms with E-state index in [1.54, 1.807) is 12.1 Å². The number of likely N-dealkylation sites (N-methyl/N-ethyl adjacent to an activating group) is 1. The quantitative estimate of drug-likeness (QED) is 0.710. The third-order valence-corrected chi connectivity index (χ3v) is 3.06. The Morgan fingerprint density at radius 2 is 1.83 bits per heavy atom. The van der Waals surface area contributed by atoms with Crippen LogP contribution < -0.4 is 0 Å². The van der Waals surface area contributed by atoms with Gasteiger partial charge in [0, 0.05) is 5.56 Å². The Labute approximate surface area is 114 Å². The molecule has 0 bridgehead atoms. The largest absolute Gasteiger partial charge is 0.309 e. The maximum atomic E-state index is 12.0. The number of benzene rings is 1.